The van der Waals surface area contributed by atoms with E-state index in [1.807, 2.05) is 42.0 Å². The van der Waals surface area contributed by atoms with Crippen LogP contribution in [0.4, 0.5) is 0 Å². The first-order valence-corrected chi connectivity index (χ1v) is 11.5. The lowest BCUT2D eigenvalue weighted by atomic mass is 9.91. The number of hydrogen-bond donors (Lipinski definition) is 0. The van der Waals surface area contributed by atoms with Gasteiger partial charge in [-0.25, -0.2) is 14.6 Å². The molecule has 5 rings (SSSR count). The first-order valence-electron chi connectivity index (χ1n) is 10.7. The maximum Gasteiger partial charge on any atom is 0.174 e. The van der Waals surface area contributed by atoms with Gasteiger partial charge in [0.1, 0.15) is 11.6 Å². The number of rotatable bonds is 5. The van der Waals surface area contributed by atoms with Crippen LogP contribution < -0.4 is 4.74 Å². The summed E-state index contributed by atoms with van der Waals surface area (Å²) in [5, 5.41) is 4.74. The molecule has 1 aliphatic heterocycles. The van der Waals surface area contributed by atoms with Gasteiger partial charge in [-0.05, 0) is 61.2 Å². The van der Waals surface area contributed by atoms with Crippen molar-refractivity contribution >= 4 is 28.1 Å². The molecule has 0 aliphatic carbocycles. The fourth-order valence-corrected chi connectivity index (χ4v) is 4.45. The van der Waals surface area contributed by atoms with Gasteiger partial charge in [0.25, 0.3) is 0 Å². The van der Waals surface area contributed by atoms with Crippen molar-refractivity contribution in [1.29, 1.82) is 0 Å². The van der Waals surface area contributed by atoms with Gasteiger partial charge in [-0.1, -0.05) is 40.2 Å². The highest BCUT2D eigenvalue weighted by Crippen LogP contribution is 2.33. The fraction of sp³-hybridized carbons (Fsp3) is 0.240. The van der Waals surface area contributed by atoms with Crippen LogP contribution in [0.15, 0.2) is 59.5 Å². The number of fused-ring (bicyclic) bond motifs is 1. The summed E-state index contributed by atoms with van der Waals surface area (Å²) >= 11 is 3.52. The highest BCUT2D eigenvalue weighted by Gasteiger charge is 2.25. The van der Waals surface area contributed by atoms with Crippen LogP contribution in [-0.4, -0.2) is 31.4 Å². The lowest BCUT2D eigenvalue weighted by Crippen LogP contribution is -2.17. The second-order valence-electron chi connectivity index (χ2n) is 7.98. The summed E-state index contributed by atoms with van der Waals surface area (Å²) in [6, 6.07) is 14.6. The van der Waals surface area contributed by atoms with Crippen LogP contribution in [-0.2, 0) is 6.54 Å². The van der Waals surface area contributed by atoms with Crippen LogP contribution >= 0.6 is 15.9 Å². The van der Waals surface area contributed by atoms with Crippen LogP contribution in [0, 0.1) is 6.92 Å². The zero-order valence-electron chi connectivity index (χ0n) is 18.1. The van der Waals surface area contributed by atoms with Crippen LogP contribution in [0.3, 0.4) is 0 Å². The molecular weight excluding hydrogens is 466 g/mol. The summed E-state index contributed by atoms with van der Waals surface area (Å²) in [6.45, 7) is 2.88. The highest BCUT2D eigenvalue weighted by molar-refractivity contribution is 9.10. The number of methoxy groups -OCH3 is 1. The summed E-state index contributed by atoms with van der Waals surface area (Å²) in [5.41, 5.74) is 4.23. The van der Waals surface area contributed by atoms with E-state index in [0.717, 1.165) is 58.2 Å². The summed E-state index contributed by atoms with van der Waals surface area (Å²) in [6.07, 6.45) is 9.97. The Bertz CT molecular complexity index is 1270. The Hall–Kier alpha value is -3.19. The third-order valence-electron chi connectivity index (χ3n) is 5.78. The molecule has 4 aromatic rings. The summed E-state index contributed by atoms with van der Waals surface area (Å²) in [5.74, 6) is 2.85. The molecule has 6 nitrogen and oxygen atoms in total. The van der Waals surface area contributed by atoms with E-state index in [9.17, 15) is 0 Å². The number of halogens is 1. The Labute approximate surface area is 195 Å². The molecule has 0 fully saturated rings. The maximum atomic E-state index is 5.62. The smallest absolute Gasteiger partial charge is 0.174 e. The standard InChI is InChI=1S/C25H24BrN5O/c1-17-15-30(16-27-17)22-11-5-18(14-23(22)32-2)6-12-24-28-25-21(4-3-13-31(25)29-24)19-7-9-20(26)10-8-19/h5-12,14-16,21H,3-4,13H2,1-2H3/b12-6+/t21-/m1/s1. The van der Waals surface area contributed by atoms with E-state index >= 15 is 0 Å². The molecule has 2 aromatic carbocycles. The van der Waals surface area contributed by atoms with Crippen LogP contribution in [0.2, 0.25) is 0 Å². The van der Waals surface area contributed by atoms with Gasteiger partial charge in [-0.15, -0.1) is 0 Å². The average molecular weight is 490 g/mol. The van der Waals surface area contributed by atoms with Gasteiger partial charge < -0.3 is 9.30 Å². The van der Waals surface area contributed by atoms with Gasteiger partial charge in [-0.3, -0.25) is 0 Å². The molecule has 0 saturated carbocycles. The normalized spacial score (nSPS) is 15.8. The van der Waals surface area contributed by atoms with E-state index in [1.165, 1.54) is 5.56 Å². The molecule has 2 aromatic heterocycles. The number of hydrogen-bond acceptors (Lipinski definition) is 4. The molecule has 0 bridgehead atoms. The van der Waals surface area contributed by atoms with Crippen molar-refractivity contribution < 1.29 is 4.74 Å². The Morgan fingerprint density at radius 3 is 2.72 bits per heavy atom. The number of ether oxygens (including phenoxy) is 1. The van der Waals surface area contributed by atoms with E-state index in [1.54, 1.807) is 13.4 Å². The maximum absolute atomic E-state index is 5.62. The van der Waals surface area contributed by atoms with Crippen LogP contribution in [0.25, 0.3) is 17.8 Å². The fourth-order valence-electron chi connectivity index (χ4n) is 4.19. The highest BCUT2D eigenvalue weighted by atomic mass is 79.9. The van der Waals surface area contributed by atoms with E-state index in [2.05, 4.69) is 55.9 Å². The Morgan fingerprint density at radius 2 is 1.97 bits per heavy atom. The molecular formula is C25H24BrN5O. The van der Waals surface area contributed by atoms with Gasteiger partial charge in [0, 0.05) is 23.1 Å². The van der Waals surface area contributed by atoms with Crippen LogP contribution in [0.1, 0.15) is 47.2 Å². The van der Waals surface area contributed by atoms with Gasteiger partial charge >= 0.3 is 0 Å². The molecule has 0 amide bonds. The van der Waals surface area contributed by atoms with Gasteiger partial charge in [0.05, 0.1) is 24.8 Å². The quantitative estimate of drug-likeness (QED) is 0.364. The Morgan fingerprint density at radius 1 is 1.12 bits per heavy atom. The third-order valence-corrected chi connectivity index (χ3v) is 6.31. The first kappa shape index (κ1) is 20.7. The number of aryl methyl sites for hydroxylation is 2. The van der Waals surface area contributed by atoms with E-state index in [0.29, 0.717) is 0 Å². The Kier molecular flexibility index (Phi) is 5.66. The molecule has 0 spiro atoms. The first-order chi connectivity index (χ1) is 15.6. The number of nitrogens with zero attached hydrogens (tertiary/aromatic N) is 5. The zero-order chi connectivity index (χ0) is 22.1. The molecule has 7 heteroatoms. The van der Waals surface area contributed by atoms with Crippen molar-refractivity contribution in [3.8, 4) is 11.4 Å². The van der Waals surface area contributed by atoms with Gasteiger partial charge in [-0.2, -0.15) is 5.10 Å². The van der Waals surface area contributed by atoms with E-state index in [4.69, 9.17) is 14.8 Å². The van der Waals surface area contributed by atoms with E-state index in [-0.39, 0.29) is 5.92 Å². The summed E-state index contributed by atoms with van der Waals surface area (Å²) < 4.78 is 10.7. The largest absolute Gasteiger partial charge is 0.495 e. The SMILES string of the molecule is COc1cc(/C=C/c2nc3n(n2)CCC[C@@H]3c2ccc(Br)cc2)ccc1-n1cnc(C)c1. The topological polar surface area (TPSA) is 57.8 Å². The summed E-state index contributed by atoms with van der Waals surface area (Å²) in [7, 11) is 1.68. The second kappa shape index (κ2) is 8.74. The number of imidazole rings is 1. The van der Waals surface area contributed by atoms with Gasteiger partial charge in [0.2, 0.25) is 0 Å². The predicted octanol–water partition coefficient (Wildman–Crippen LogP) is 5.64. The molecule has 0 radical (unpaired) electrons. The molecule has 162 valence electrons. The molecule has 1 atom stereocenters. The summed E-state index contributed by atoms with van der Waals surface area (Å²) in [4.78, 5) is 9.17. The molecule has 1 aliphatic rings. The van der Waals surface area contributed by atoms with Crippen LogP contribution in [0.5, 0.6) is 5.75 Å². The second-order valence-corrected chi connectivity index (χ2v) is 8.90. The predicted molar refractivity (Wildman–Crippen MR) is 129 cm³/mol. The molecule has 0 N–H and O–H groups in total. The van der Waals surface area contributed by atoms with Crippen molar-refractivity contribution in [3.63, 3.8) is 0 Å². The van der Waals surface area contributed by atoms with Crippen molar-refractivity contribution in [2.75, 3.05) is 7.11 Å². The minimum absolute atomic E-state index is 0.282. The minimum atomic E-state index is 0.282. The molecule has 0 saturated heterocycles. The molecule has 3 heterocycles. The van der Waals surface area contributed by atoms with Gasteiger partial charge in [0.15, 0.2) is 5.82 Å². The van der Waals surface area contributed by atoms with Crippen molar-refractivity contribution in [2.45, 2.75) is 32.2 Å². The van der Waals surface area contributed by atoms with Crippen molar-refractivity contribution in [3.05, 3.63) is 87.9 Å². The average Bonchev–Trinajstić information content (AvgIpc) is 3.43. The molecule has 32 heavy (non-hydrogen) atoms. The third kappa shape index (κ3) is 4.12. The van der Waals surface area contributed by atoms with Crippen molar-refractivity contribution in [1.82, 2.24) is 24.3 Å². The Balaban J connectivity index is 1.40. The zero-order valence-corrected chi connectivity index (χ0v) is 19.7. The lowest BCUT2D eigenvalue weighted by molar-refractivity contribution is 0.413. The minimum Gasteiger partial charge on any atom is -0.495 e. The number of benzene rings is 2. The van der Waals surface area contributed by atoms with E-state index < -0.39 is 0 Å². The number of aromatic nitrogens is 5. The van der Waals surface area contributed by atoms with Crippen molar-refractivity contribution in [2.24, 2.45) is 0 Å². The molecule has 0 unspecified atom stereocenters. The monoisotopic (exact) mass is 489 g/mol. The lowest BCUT2D eigenvalue weighted by Gasteiger charge is -2.22.